The number of carbonyl (C=O) groups is 1. The van der Waals surface area contributed by atoms with Crippen molar-refractivity contribution in [1.29, 1.82) is 0 Å². The Morgan fingerprint density at radius 2 is 2.21 bits per heavy atom. The van der Waals surface area contributed by atoms with Crippen LogP contribution in [0.15, 0.2) is 29.6 Å². The summed E-state index contributed by atoms with van der Waals surface area (Å²) in [4.78, 5) is 12.6. The standard InChI is InChI=1S/C13H14ClN3OS/c1-16-13(18)8-2-3-9(14)11(6-8)17-7-12-10(15)4-5-19-12/h2-6,17H,7,15H2,1H3,(H,16,18). The molecule has 2 rings (SSSR count). The molecule has 19 heavy (non-hydrogen) atoms. The summed E-state index contributed by atoms with van der Waals surface area (Å²) in [7, 11) is 1.59. The Bertz CT molecular complexity index is 597. The molecule has 0 saturated carbocycles. The molecule has 0 saturated heterocycles. The predicted molar refractivity (Wildman–Crippen MR) is 80.9 cm³/mol. The number of benzene rings is 1. The van der Waals surface area contributed by atoms with E-state index in [0.29, 0.717) is 17.1 Å². The van der Waals surface area contributed by atoms with E-state index in [2.05, 4.69) is 10.6 Å². The Hall–Kier alpha value is -1.72. The van der Waals surface area contributed by atoms with E-state index in [4.69, 9.17) is 17.3 Å². The number of nitrogen functional groups attached to an aromatic ring is 1. The largest absolute Gasteiger partial charge is 0.398 e. The number of thiophene rings is 1. The molecule has 0 bridgehead atoms. The normalized spacial score (nSPS) is 10.2. The van der Waals surface area contributed by atoms with E-state index in [9.17, 15) is 4.79 Å². The number of hydrogen-bond acceptors (Lipinski definition) is 4. The molecule has 0 aliphatic carbocycles. The second-order valence-corrected chi connectivity index (χ2v) is 5.33. The highest BCUT2D eigenvalue weighted by Crippen LogP contribution is 2.26. The molecule has 0 radical (unpaired) electrons. The van der Waals surface area contributed by atoms with Crippen molar-refractivity contribution in [3.05, 3.63) is 45.1 Å². The first kappa shape index (κ1) is 13.7. The van der Waals surface area contributed by atoms with Crippen molar-refractivity contribution in [2.24, 2.45) is 0 Å². The number of amides is 1. The lowest BCUT2D eigenvalue weighted by Gasteiger charge is -2.09. The number of nitrogens with two attached hydrogens (primary N) is 1. The fourth-order valence-electron chi connectivity index (χ4n) is 1.62. The number of anilines is 2. The maximum atomic E-state index is 11.6. The van der Waals surface area contributed by atoms with Crippen LogP contribution >= 0.6 is 22.9 Å². The topological polar surface area (TPSA) is 67.2 Å². The Morgan fingerprint density at radius 3 is 2.84 bits per heavy atom. The number of nitrogens with one attached hydrogen (secondary N) is 2. The molecule has 2 aromatic rings. The number of hydrogen-bond donors (Lipinski definition) is 3. The van der Waals surface area contributed by atoms with E-state index < -0.39 is 0 Å². The lowest BCUT2D eigenvalue weighted by Crippen LogP contribution is -2.17. The van der Waals surface area contributed by atoms with E-state index in [1.54, 1.807) is 36.6 Å². The average molecular weight is 296 g/mol. The van der Waals surface area contributed by atoms with Gasteiger partial charge in [-0.15, -0.1) is 11.3 Å². The summed E-state index contributed by atoms with van der Waals surface area (Å²) in [6, 6.07) is 6.98. The van der Waals surface area contributed by atoms with Crippen LogP contribution in [0, 0.1) is 0 Å². The van der Waals surface area contributed by atoms with Gasteiger partial charge in [0.05, 0.1) is 17.3 Å². The molecule has 0 fully saturated rings. The zero-order chi connectivity index (χ0) is 13.8. The Labute approximate surface area is 120 Å². The third kappa shape index (κ3) is 3.19. The summed E-state index contributed by atoms with van der Waals surface area (Å²) in [5, 5.41) is 8.28. The lowest BCUT2D eigenvalue weighted by atomic mass is 10.2. The van der Waals surface area contributed by atoms with Gasteiger partial charge in [0, 0.05) is 23.2 Å². The second-order valence-electron chi connectivity index (χ2n) is 3.93. The van der Waals surface area contributed by atoms with Gasteiger partial charge in [0.1, 0.15) is 0 Å². The monoisotopic (exact) mass is 295 g/mol. The third-order valence-corrected chi connectivity index (χ3v) is 3.94. The molecule has 1 heterocycles. The van der Waals surface area contributed by atoms with Crippen molar-refractivity contribution in [3.8, 4) is 0 Å². The van der Waals surface area contributed by atoms with Crippen molar-refractivity contribution in [3.63, 3.8) is 0 Å². The van der Waals surface area contributed by atoms with Gasteiger partial charge in [0.2, 0.25) is 0 Å². The summed E-state index contributed by atoms with van der Waals surface area (Å²) in [5.74, 6) is -0.143. The Morgan fingerprint density at radius 1 is 1.42 bits per heavy atom. The van der Waals surface area contributed by atoms with Crippen LogP contribution in [-0.2, 0) is 6.54 Å². The van der Waals surface area contributed by atoms with Crippen molar-refractivity contribution in [2.75, 3.05) is 18.1 Å². The van der Waals surface area contributed by atoms with Crippen LogP contribution < -0.4 is 16.4 Å². The molecule has 1 amide bonds. The Kier molecular flexibility index (Phi) is 4.29. The summed E-state index contributed by atoms with van der Waals surface area (Å²) in [5.41, 5.74) is 7.86. The number of rotatable bonds is 4. The highest BCUT2D eigenvalue weighted by molar-refractivity contribution is 7.10. The minimum Gasteiger partial charge on any atom is -0.398 e. The van der Waals surface area contributed by atoms with Crippen LogP contribution in [0.2, 0.25) is 5.02 Å². The van der Waals surface area contributed by atoms with Gasteiger partial charge in [-0.1, -0.05) is 11.6 Å². The molecule has 0 aliphatic rings. The highest BCUT2D eigenvalue weighted by Gasteiger charge is 2.08. The van der Waals surface area contributed by atoms with Gasteiger partial charge >= 0.3 is 0 Å². The fraction of sp³-hybridized carbons (Fsp3) is 0.154. The minimum absolute atomic E-state index is 0.143. The first-order chi connectivity index (χ1) is 9.11. The summed E-state index contributed by atoms with van der Waals surface area (Å²) in [6.07, 6.45) is 0. The van der Waals surface area contributed by atoms with Gasteiger partial charge in [-0.25, -0.2) is 0 Å². The van der Waals surface area contributed by atoms with Gasteiger partial charge < -0.3 is 16.4 Å². The lowest BCUT2D eigenvalue weighted by molar-refractivity contribution is 0.0963. The third-order valence-electron chi connectivity index (χ3n) is 2.67. The molecule has 4 nitrogen and oxygen atoms in total. The van der Waals surface area contributed by atoms with E-state index in [0.717, 1.165) is 16.3 Å². The van der Waals surface area contributed by atoms with Crippen LogP contribution in [0.3, 0.4) is 0 Å². The molecule has 0 spiro atoms. The second kappa shape index (κ2) is 5.95. The molecular formula is C13H14ClN3OS. The molecular weight excluding hydrogens is 282 g/mol. The molecule has 6 heteroatoms. The fourth-order valence-corrected chi connectivity index (χ4v) is 2.54. The molecule has 1 aromatic carbocycles. The SMILES string of the molecule is CNC(=O)c1ccc(Cl)c(NCc2sccc2N)c1. The van der Waals surface area contributed by atoms with Gasteiger partial charge in [0.15, 0.2) is 0 Å². The molecule has 0 atom stereocenters. The van der Waals surface area contributed by atoms with Gasteiger partial charge in [0.25, 0.3) is 5.91 Å². The van der Waals surface area contributed by atoms with E-state index >= 15 is 0 Å². The zero-order valence-electron chi connectivity index (χ0n) is 10.4. The van der Waals surface area contributed by atoms with Crippen molar-refractivity contribution in [2.45, 2.75) is 6.54 Å². The molecule has 1 aromatic heterocycles. The molecule has 0 unspecified atom stereocenters. The average Bonchev–Trinajstić information content (AvgIpc) is 2.82. The molecule has 0 aliphatic heterocycles. The number of halogens is 1. The summed E-state index contributed by atoms with van der Waals surface area (Å²) in [6.45, 7) is 0.584. The van der Waals surface area contributed by atoms with Crippen molar-refractivity contribution in [1.82, 2.24) is 5.32 Å². The molecule has 100 valence electrons. The minimum atomic E-state index is -0.143. The highest BCUT2D eigenvalue weighted by atomic mass is 35.5. The van der Waals surface area contributed by atoms with Crippen molar-refractivity contribution >= 4 is 40.2 Å². The zero-order valence-corrected chi connectivity index (χ0v) is 11.9. The van der Waals surface area contributed by atoms with Crippen LogP contribution in [0.4, 0.5) is 11.4 Å². The van der Waals surface area contributed by atoms with Crippen molar-refractivity contribution < 1.29 is 4.79 Å². The quantitative estimate of drug-likeness (QED) is 0.812. The van der Waals surface area contributed by atoms with E-state index in [1.807, 2.05) is 11.4 Å². The molecule has 4 N–H and O–H groups in total. The van der Waals surface area contributed by atoms with E-state index in [-0.39, 0.29) is 5.91 Å². The maximum absolute atomic E-state index is 11.6. The Balaban J connectivity index is 2.15. The number of carbonyl (C=O) groups excluding carboxylic acids is 1. The predicted octanol–water partition coefficient (Wildman–Crippen LogP) is 2.96. The van der Waals surface area contributed by atoms with Crippen LogP contribution in [-0.4, -0.2) is 13.0 Å². The van der Waals surface area contributed by atoms with Gasteiger partial charge in [-0.05, 0) is 29.6 Å². The maximum Gasteiger partial charge on any atom is 0.251 e. The first-order valence-corrected chi connectivity index (χ1v) is 6.95. The first-order valence-electron chi connectivity index (χ1n) is 5.69. The summed E-state index contributed by atoms with van der Waals surface area (Å²) >= 11 is 7.68. The smallest absolute Gasteiger partial charge is 0.251 e. The summed E-state index contributed by atoms with van der Waals surface area (Å²) < 4.78 is 0. The van der Waals surface area contributed by atoms with Gasteiger partial charge in [-0.2, -0.15) is 0 Å². The van der Waals surface area contributed by atoms with Gasteiger partial charge in [-0.3, -0.25) is 4.79 Å². The van der Waals surface area contributed by atoms with E-state index in [1.165, 1.54) is 0 Å². The van der Waals surface area contributed by atoms with Crippen LogP contribution in [0.25, 0.3) is 0 Å². The van der Waals surface area contributed by atoms with Crippen LogP contribution in [0.5, 0.6) is 0 Å². The van der Waals surface area contributed by atoms with Crippen LogP contribution in [0.1, 0.15) is 15.2 Å².